The van der Waals surface area contributed by atoms with Crippen molar-refractivity contribution in [3.05, 3.63) is 34.4 Å². The van der Waals surface area contributed by atoms with Gasteiger partial charge < -0.3 is 15.5 Å². The molecule has 1 amide bonds. The summed E-state index contributed by atoms with van der Waals surface area (Å²) in [5, 5.41) is 0. The van der Waals surface area contributed by atoms with Crippen molar-refractivity contribution in [3.63, 3.8) is 0 Å². The lowest BCUT2D eigenvalue weighted by Gasteiger charge is -2.43. The molecule has 3 rings (SSSR count). The largest absolute Gasteiger partial charge is 0.337 e. The van der Waals surface area contributed by atoms with Crippen molar-refractivity contribution >= 4 is 5.91 Å². The van der Waals surface area contributed by atoms with Crippen molar-refractivity contribution in [3.8, 4) is 0 Å². The number of fused-ring (bicyclic) bond motifs is 1. The van der Waals surface area contributed by atoms with Crippen LogP contribution in [0.25, 0.3) is 0 Å². The first-order valence-electron chi connectivity index (χ1n) is 9.63. The molecule has 0 saturated carbocycles. The quantitative estimate of drug-likeness (QED) is 0.918. The van der Waals surface area contributed by atoms with E-state index in [1.807, 2.05) is 0 Å². The van der Waals surface area contributed by atoms with Crippen LogP contribution in [0.3, 0.4) is 0 Å². The van der Waals surface area contributed by atoms with Crippen LogP contribution in [0.15, 0.2) is 12.1 Å². The van der Waals surface area contributed by atoms with Crippen LogP contribution in [-0.2, 0) is 16.8 Å². The molecule has 0 spiro atoms. The number of piperidine rings is 1. The van der Waals surface area contributed by atoms with E-state index in [1.165, 1.54) is 22.3 Å². The SMILES string of the molecule is Cc1cc2c(cc1C)C(C)(C)CN(C(=O)C1CCCN(CCN)C1)C2. The maximum atomic E-state index is 13.2. The molecule has 0 aromatic heterocycles. The van der Waals surface area contributed by atoms with Crippen molar-refractivity contribution in [2.45, 2.75) is 52.5 Å². The van der Waals surface area contributed by atoms with E-state index in [0.717, 1.165) is 45.6 Å². The Labute approximate surface area is 152 Å². The van der Waals surface area contributed by atoms with Gasteiger partial charge in [0, 0.05) is 38.1 Å². The molecule has 1 unspecified atom stereocenters. The highest BCUT2D eigenvalue weighted by atomic mass is 16.2. The van der Waals surface area contributed by atoms with Crippen molar-refractivity contribution in [1.29, 1.82) is 0 Å². The highest BCUT2D eigenvalue weighted by Crippen LogP contribution is 2.36. The molecule has 1 atom stereocenters. The van der Waals surface area contributed by atoms with Crippen molar-refractivity contribution < 1.29 is 4.79 Å². The van der Waals surface area contributed by atoms with Crippen LogP contribution in [0.2, 0.25) is 0 Å². The molecule has 2 N–H and O–H groups in total. The minimum Gasteiger partial charge on any atom is -0.337 e. The molecule has 0 aliphatic carbocycles. The fraction of sp³-hybridized carbons (Fsp3) is 0.667. The summed E-state index contributed by atoms with van der Waals surface area (Å²) in [5.41, 5.74) is 11.1. The van der Waals surface area contributed by atoms with Crippen LogP contribution < -0.4 is 5.73 Å². The second-order valence-corrected chi connectivity index (χ2v) is 8.60. The van der Waals surface area contributed by atoms with E-state index in [2.05, 4.69) is 49.6 Å². The van der Waals surface area contributed by atoms with E-state index in [0.29, 0.717) is 12.5 Å². The van der Waals surface area contributed by atoms with E-state index in [9.17, 15) is 4.79 Å². The lowest BCUT2D eigenvalue weighted by molar-refractivity contribution is -0.139. The third-order valence-electron chi connectivity index (χ3n) is 6.01. The number of hydrogen-bond acceptors (Lipinski definition) is 3. The minimum absolute atomic E-state index is 0.00726. The van der Waals surface area contributed by atoms with E-state index in [1.54, 1.807) is 0 Å². The van der Waals surface area contributed by atoms with Gasteiger partial charge in [-0.15, -0.1) is 0 Å². The number of carbonyl (C=O) groups excluding carboxylic acids is 1. The Morgan fingerprint density at radius 3 is 2.72 bits per heavy atom. The van der Waals surface area contributed by atoms with Crippen LogP contribution >= 0.6 is 0 Å². The maximum Gasteiger partial charge on any atom is 0.227 e. The summed E-state index contributed by atoms with van der Waals surface area (Å²) in [5.74, 6) is 0.461. The third-order valence-corrected chi connectivity index (χ3v) is 6.01. The zero-order valence-corrected chi connectivity index (χ0v) is 16.3. The molecule has 4 nitrogen and oxygen atoms in total. The molecular formula is C21H33N3O. The Kier molecular flexibility index (Phi) is 5.21. The molecule has 4 heteroatoms. The highest BCUT2D eigenvalue weighted by molar-refractivity contribution is 5.79. The van der Waals surface area contributed by atoms with Gasteiger partial charge in [0.05, 0.1) is 5.92 Å². The van der Waals surface area contributed by atoms with Gasteiger partial charge in [0.25, 0.3) is 0 Å². The van der Waals surface area contributed by atoms with E-state index in [-0.39, 0.29) is 11.3 Å². The normalized spacial score (nSPS) is 23.4. The Morgan fingerprint density at radius 1 is 1.28 bits per heavy atom. The smallest absolute Gasteiger partial charge is 0.227 e. The van der Waals surface area contributed by atoms with Gasteiger partial charge >= 0.3 is 0 Å². The first-order valence-corrected chi connectivity index (χ1v) is 9.63. The molecule has 138 valence electrons. The van der Waals surface area contributed by atoms with Gasteiger partial charge in [-0.05, 0) is 55.5 Å². The number of amides is 1. The monoisotopic (exact) mass is 343 g/mol. The standard InChI is InChI=1S/C21H33N3O/c1-15-10-18-13-24(14-21(3,4)19(18)11-16(15)2)20(25)17-6-5-8-23(12-17)9-7-22/h10-11,17H,5-9,12-14,22H2,1-4H3. The van der Waals surface area contributed by atoms with Gasteiger partial charge in [0.15, 0.2) is 0 Å². The lowest BCUT2D eigenvalue weighted by Crippen LogP contribution is -2.50. The highest BCUT2D eigenvalue weighted by Gasteiger charge is 2.37. The molecule has 2 aliphatic rings. The first kappa shape index (κ1) is 18.4. The predicted molar refractivity (Wildman–Crippen MR) is 103 cm³/mol. The van der Waals surface area contributed by atoms with Crippen LogP contribution in [0.1, 0.15) is 48.9 Å². The number of likely N-dealkylation sites (tertiary alicyclic amines) is 1. The second-order valence-electron chi connectivity index (χ2n) is 8.60. The lowest BCUT2D eigenvalue weighted by atomic mass is 9.76. The summed E-state index contributed by atoms with van der Waals surface area (Å²) in [7, 11) is 0. The molecular weight excluding hydrogens is 310 g/mol. The molecule has 0 bridgehead atoms. The molecule has 1 aromatic carbocycles. The fourth-order valence-corrected chi connectivity index (χ4v) is 4.52. The summed E-state index contributed by atoms with van der Waals surface area (Å²) < 4.78 is 0. The van der Waals surface area contributed by atoms with E-state index >= 15 is 0 Å². The van der Waals surface area contributed by atoms with Gasteiger partial charge in [-0.25, -0.2) is 0 Å². The number of aryl methyl sites for hydroxylation is 2. The molecule has 1 saturated heterocycles. The average molecular weight is 344 g/mol. The molecule has 2 aliphatic heterocycles. The molecule has 2 heterocycles. The average Bonchev–Trinajstić information content (AvgIpc) is 2.56. The number of rotatable bonds is 3. The van der Waals surface area contributed by atoms with Crippen LogP contribution in [-0.4, -0.2) is 48.4 Å². The maximum absolute atomic E-state index is 13.2. The van der Waals surface area contributed by atoms with Gasteiger partial charge in [-0.3, -0.25) is 4.79 Å². The summed E-state index contributed by atoms with van der Waals surface area (Å²) >= 11 is 0. The number of hydrogen-bond donors (Lipinski definition) is 1. The van der Waals surface area contributed by atoms with Gasteiger partial charge in [0.1, 0.15) is 0 Å². The summed E-state index contributed by atoms with van der Waals surface area (Å²) in [6.07, 6.45) is 2.11. The number of carbonyl (C=O) groups is 1. The van der Waals surface area contributed by atoms with Gasteiger partial charge in [-0.1, -0.05) is 26.0 Å². The third kappa shape index (κ3) is 3.75. The van der Waals surface area contributed by atoms with Crippen LogP contribution in [0, 0.1) is 19.8 Å². The molecule has 25 heavy (non-hydrogen) atoms. The Bertz CT molecular complexity index is 651. The zero-order chi connectivity index (χ0) is 18.2. The first-order chi connectivity index (χ1) is 11.8. The molecule has 0 radical (unpaired) electrons. The topological polar surface area (TPSA) is 49.6 Å². The number of nitrogens with zero attached hydrogens (tertiary/aromatic N) is 2. The Morgan fingerprint density at radius 2 is 2.00 bits per heavy atom. The summed E-state index contributed by atoms with van der Waals surface area (Å²) in [6.45, 7) is 14.0. The van der Waals surface area contributed by atoms with Gasteiger partial charge in [-0.2, -0.15) is 0 Å². The van der Waals surface area contributed by atoms with Gasteiger partial charge in [0.2, 0.25) is 5.91 Å². The van der Waals surface area contributed by atoms with Crippen molar-refractivity contribution in [1.82, 2.24) is 9.80 Å². The second kappa shape index (κ2) is 7.08. The molecule has 1 aromatic rings. The van der Waals surface area contributed by atoms with Crippen molar-refractivity contribution in [2.75, 3.05) is 32.7 Å². The number of benzene rings is 1. The Balaban J connectivity index is 1.79. The predicted octanol–water partition coefficient (Wildman–Crippen LogP) is 2.59. The van der Waals surface area contributed by atoms with Crippen molar-refractivity contribution in [2.24, 2.45) is 11.7 Å². The van der Waals surface area contributed by atoms with Crippen LogP contribution in [0.4, 0.5) is 0 Å². The summed E-state index contributed by atoms with van der Waals surface area (Å²) in [4.78, 5) is 17.7. The summed E-state index contributed by atoms with van der Waals surface area (Å²) in [6, 6.07) is 4.61. The molecule has 1 fully saturated rings. The fourth-order valence-electron chi connectivity index (χ4n) is 4.52. The number of nitrogens with two attached hydrogens (primary N) is 1. The minimum atomic E-state index is 0.00726. The van der Waals surface area contributed by atoms with E-state index < -0.39 is 0 Å². The van der Waals surface area contributed by atoms with E-state index in [4.69, 9.17) is 5.73 Å². The Hall–Kier alpha value is -1.39. The zero-order valence-electron chi connectivity index (χ0n) is 16.3. The van der Waals surface area contributed by atoms with Crippen LogP contribution in [0.5, 0.6) is 0 Å².